The first-order valence-corrected chi connectivity index (χ1v) is 6.93. The summed E-state index contributed by atoms with van der Waals surface area (Å²) in [4.78, 5) is 15.8. The van der Waals surface area contributed by atoms with Crippen LogP contribution in [0.5, 0.6) is 0 Å². The van der Waals surface area contributed by atoms with Crippen molar-refractivity contribution in [3.63, 3.8) is 0 Å². The highest BCUT2D eigenvalue weighted by atomic mass is 16.1. The summed E-state index contributed by atoms with van der Waals surface area (Å²) in [5, 5.41) is 9.06. The summed E-state index contributed by atoms with van der Waals surface area (Å²) >= 11 is 0. The average molecular weight is 276 g/mol. The van der Waals surface area contributed by atoms with E-state index in [1.54, 1.807) is 7.05 Å². The van der Waals surface area contributed by atoms with Gasteiger partial charge in [0.05, 0.1) is 6.54 Å². The molecule has 1 unspecified atom stereocenters. The number of aliphatic imine (C=N–C) groups is 1. The fraction of sp³-hybridized carbons (Fsp3) is 0.467. The lowest BCUT2D eigenvalue weighted by Crippen LogP contribution is -2.45. The maximum atomic E-state index is 11.7. The van der Waals surface area contributed by atoms with Gasteiger partial charge in [0.2, 0.25) is 5.91 Å². The van der Waals surface area contributed by atoms with E-state index in [1.807, 2.05) is 30.3 Å². The van der Waals surface area contributed by atoms with Gasteiger partial charge in [-0.05, 0) is 18.9 Å². The Morgan fingerprint density at radius 1 is 1.25 bits per heavy atom. The molecule has 1 rings (SSSR count). The Hall–Kier alpha value is -2.04. The number of rotatable bonds is 6. The van der Waals surface area contributed by atoms with Gasteiger partial charge in [-0.15, -0.1) is 0 Å². The highest BCUT2D eigenvalue weighted by Gasteiger charge is 2.05. The second-order valence-electron chi connectivity index (χ2n) is 4.64. The number of carbonyl (C=O) groups is 1. The highest BCUT2D eigenvalue weighted by molar-refractivity contribution is 5.86. The number of hydrogen-bond donors (Lipinski definition) is 3. The summed E-state index contributed by atoms with van der Waals surface area (Å²) in [7, 11) is 1.69. The molecule has 110 valence electrons. The second-order valence-corrected chi connectivity index (χ2v) is 4.64. The zero-order chi connectivity index (χ0) is 14.8. The van der Waals surface area contributed by atoms with Crippen molar-refractivity contribution in [2.24, 2.45) is 4.99 Å². The molecule has 0 heterocycles. The smallest absolute Gasteiger partial charge is 0.239 e. The summed E-state index contributed by atoms with van der Waals surface area (Å²) in [5.41, 5.74) is 1.09. The number of hydrogen-bond acceptors (Lipinski definition) is 2. The third kappa shape index (κ3) is 6.22. The van der Waals surface area contributed by atoms with Gasteiger partial charge in [-0.3, -0.25) is 9.79 Å². The van der Waals surface area contributed by atoms with Crippen LogP contribution in [-0.4, -0.2) is 31.5 Å². The van der Waals surface area contributed by atoms with Crippen LogP contribution >= 0.6 is 0 Å². The fourth-order valence-corrected chi connectivity index (χ4v) is 1.55. The van der Waals surface area contributed by atoms with E-state index in [0.717, 1.165) is 12.0 Å². The molecule has 0 saturated heterocycles. The van der Waals surface area contributed by atoms with E-state index in [2.05, 4.69) is 34.8 Å². The van der Waals surface area contributed by atoms with Crippen molar-refractivity contribution in [2.75, 3.05) is 13.6 Å². The minimum Gasteiger partial charge on any atom is -0.354 e. The molecule has 0 aliphatic carbocycles. The third-order valence-corrected chi connectivity index (χ3v) is 2.97. The Morgan fingerprint density at radius 3 is 2.55 bits per heavy atom. The van der Waals surface area contributed by atoms with Crippen LogP contribution in [0, 0.1) is 0 Å². The predicted molar refractivity (Wildman–Crippen MR) is 82.5 cm³/mol. The lowest BCUT2D eigenvalue weighted by molar-refractivity contribution is -0.120. The molecule has 1 aromatic carbocycles. The first-order chi connectivity index (χ1) is 9.65. The van der Waals surface area contributed by atoms with Gasteiger partial charge in [0, 0.05) is 19.6 Å². The Balaban J connectivity index is 2.28. The van der Waals surface area contributed by atoms with Crippen LogP contribution in [0.4, 0.5) is 0 Å². The molecule has 0 radical (unpaired) electrons. The van der Waals surface area contributed by atoms with Crippen LogP contribution in [0.25, 0.3) is 0 Å². The first kappa shape index (κ1) is 16.0. The van der Waals surface area contributed by atoms with E-state index in [4.69, 9.17) is 0 Å². The molecule has 0 aliphatic rings. The van der Waals surface area contributed by atoms with Crippen molar-refractivity contribution < 1.29 is 4.79 Å². The molecule has 1 aromatic rings. The van der Waals surface area contributed by atoms with Gasteiger partial charge in [-0.25, -0.2) is 0 Å². The van der Waals surface area contributed by atoms with Gasteiger partial charge in [-0.2, -0.15) is 0 Å². The maximum absolute atomic E-state index is 11.7. The maximum Gasteiger partial charge on any atom is 0.239 e. The van der Waals surface area contributed by atoms with Crippen LogP contribution in [0.1, 0.15) is 25.8 Å². The lowest BCUT2D eigenvalue weighted by atomic mass is 10.2. The lowest BCUT2D eigenvalue weighted by Gasteiger charge is -2.16. The Morgan fingerprint density at radius 2 is 1.95 bits per heavy atom. The zero-order valence-corrected chi connectivity index (χ0v) is 12.4. The number of carbonyl (C=O) groups excluding carboxylic acids is 1. The second kappa shape index (κ2) is 8.96. The molecule has 0 aromatic heterocycles. The van der Waals surface area contributed by atoms with Crippen molar-refractivity contribution in [2.45, 2.75) is 32.9 Å². The van der Waals surface area contributed by atoms with E-state index in [1.165, 1.54) is 0 Å². The van der Waals surface area contributed by atoms with Gasteiger partial charge in [0.15, 0.2) is 5.96 Å². The molecule has 0 bridgehead atoms. The van der Waals surface area contributed by atoms with Gasteiger partial charge < -0.3 is 16.0 Å². The van der Waals surface area contributed by atoms with E-state index in [-0.39, 0.29) is 12.5 Å². The minimum absolute atomic E-state index is 0.0547. The average Bonchev–Trinajstić information content (AvgIpc) is 2.50. The highest BCUT2D eigenvalue weighted by Crippen LogP contribution is 1.96. The van der Waals surface area contributed by atoms with Crippen LogP contribution < -0.4 is 16.0 Å². The normalized spacial score (nSPS) is 12.7. The van der Waals surface area contributed by atoms with Crippen molar-refractivity contribution in [3.8, 4) is 0 Å². The van der Waals surface area contributed by atoms with Crippen LogP contribution in [-0.2, 0) is 11.3 Å². The number of amides is 1. The largest absolute Gasteiger partial charge is 0.354 e. The molecule has 1 atom stereocenters. The molecule has 3 N–H and O–H groups in total. The van der Waals surface area contributed by atoms with Gasteiger partial charge in [0.1, 0.15) is 0 Å². The van der Waals surface area contributed by atoms with E-state index >= 15 is 0 Å². The van der Waals surface area contributed by atoms with Crippen molar-refractivity contribution in [1.82, 2.24) is 16.0 Å². The Bertz CT molecular complexity index is 431. The van der Waals surface area contributed by atoms with Crippen molar-refractivity contribution in [3.05, 3.63) is 35.9 Å². The molecule has 1 amide bonds. The third-order valence-electron chi connectivity index (χ3n) is 2.97. The van der Waals surface area contributed by atoms with Crippen LogP contribution in [0.15, 0.2) is 35.3 Å². The SMILES string of the molecule is CCC(C)NC(=NC)NCC(=O)NCc1ccccc1. The molecule has 0 fully saturated rings. The summed E-state index contributed by atoms with van der Waals surface area (Å²) < 4.78 is 0. The molecule has 5 heteroatoms. The van der Waals surface area contributed by atoms with Gasteiger partial charge in [-0.1, -0.05) is 37.3 Å². The quantitative estimate of drug-likeness (QED) is 0.541. The Labute approximate surface area is 120 Å². The molecule has 0 aliphatic heterocycles. The molecule has 0 spiro atoms. The van der Waals surface area contributed by atoms with Crippen LogP contribution in [0.3, 0.4) is 0 Å². The topological polar surface area (TPSA) is 65.5 Å². The predicted octanol–water partition coefficient (Wildman–Crippen LogP) is 1.27. The fourth-order valence-electron chi connectivity index (χ4n) is 1.55. The van der Waals surface area contributed by atoms with E-state index in [9.17, 15) is 4.79 Å². The number of nitrogens with one attached hydrogen (secondary N) is 3. The summed E-state index contributed by atoms with van der Waals surface area (Å²) in [6.45, 7) is 4.92. The van der Waals surface area contributed by atoms with E-state index in [0.29, 0.717) is 18.5 Å². The standard InChI is InChI=1S/C15H24N4O/c1-4-12(2)19-15(16-3)18-11-14(20)17-10-13-8-6-5-7-9-13/h5-9,12H,4,10-11H2,1-3H3,(H,17,20)(H2,16,18,19). The Kier molecular flexibility index (Phi) is 7.17. The number of benzene rings is 1. The van der Waals surface area contributed by atoms with Crippen molar-refractivity contribution in [1.29, 1.82) is 0 Å². The molecular formula is C15H24N4O. The molecule has 5 nitrogen and oxygen atoms in total. The molecule has 20 heavy (non-hydrogen) atoms. The van der Waals surface area contributed by atoms with E-state index < -0.39 is 0 Å². The zero-order valence-electron chi connectivity index (χ0n) is 12.4. The summed E-state index contributed by atoms with van der Waals surface area (Å²) in [6, 6.07) is 10.2. The molecule has 0 saturated carbocycles. The summed E-state index contributed by atoms with van der Waals surface area (Å²) in [6.07, 6.45) is 1.00. The summed E-state index contributed by atoms with van der Waals surface area (Å²) in [5.74, 6) is 0.593. The first-order valence-electron chi connectivity index (χ1n) is 6.93. The number of guanidine groups is 1. The van der Waals surface area contributed by atoms with Gasteiger partial charge in [0.25, 0.3) is 0 Å². The minimum atomic E-state index is -0.0547. The molecular weight excluding hydrogens is 252 g/mol. The van der Waals surface area contributed by atoms with Gasteiger partial charge >= 0.3 is 0 Å². The number of nitrogens with zero attached hydrogens (tertiary/aromatic N) is 1. The monoisotopic (exact) mass is 276 g/mol. The van der Waals surface area contributed by atoms with Crippen molar-refractivity contribution >= 4 is 11.9 Å². The van der Waals surface area contributed by atoms with Crippen LogP contribution in [0.2, 0.25) is 0 Å².